The average Bonchev–Trinajstić information content (AvgIpc) is 2.88. The Balaban J connectivity index is 0.00000242. The number of hydrogen-bond acceptors (Lipinski definition) is 5. The maximum atomic E-state index is 12.3. The van der Waals surface area contributed by atoms with E-state index in [1.54, 1.807) is 12.1 Å². The van der Waals surface area contributed by atoms with Crippen LogP contribution in [0.25, 0.3) is 0 Å². The predicted octanol–water partition coefficient (Wildman–Crippen LogP) is 0.879. The Labute approximate surface area is 141 Å². The van der Waals surface area contributed by atoms with Gasteiger partial charge in [-0.25, -0.2) is 13.1 Å². The lowest BCUT2D eigenvalue weighted by Gasteiger charge is -2.23. The molecule has 1 atom stereocenters. The van der Waals surface area contributed by atoms with Crippen molar-refractivity contribution in [1.29, 1.82) is 0 Å². The van der Waals surface area contributed by atoms with Gasteiger partial charge >= 0.3 is 0 Å². The molecule has 126 valence electrons. The first kappa shape index (κ1) is 19.4. The summed E-state index contributed by atoms with van der Waals surface area (Å²) in [7, 11) is -3.44. The first-order valence-corrected chi connectivity index (χ1v) is 9.33. The number of rotatable bonds is 6. The number of nitrogens with one attached hydrogen (secondary N) is 3. The van der Waals surface area contributed by atoms with Crippen LogP contribution < -0.4 is 15.4 Å². The molecule has 1 aliphatic rings. The third-order valence-corrected chi connectivity index (χ3v) is 6.42. The molecular weight excluding hydrogens is 346 g/mol. The van der Waals surface area contributed by atoms with Crippen LogP contribution in [-0.4, -0.2) is 40.0 Å². The van der Waals surface area contributed by atoms with Crippen LogP contribution in [0.5, 0.6) is 0 Å². The third kappa shape index (κ3) is 5.85. The molecule has 1 unspecified atom stereocenters. The summed E-state index contributed by atoms with van der Waals surface area (Å²) >= 11 is 1.26. The third-order valence-electron chi connectivity index (χ3n) is 3.27. The minimum atomic E-state index is -3.44. The van der Waals surface area contributed by atoms with Crippen molar-refractivity contribution in [1.82, 2.24) is 15.4 Å². The number of thiophene rings is 1. The smallest absolute Gasteiger partial charge is 0.250 e. The van der Waals surface area contributed by atoms with Gasteiger partial charge < -0.3 is 10.6 Å². The molecule has 0 radical (unpaired) electrons. The highest BCUT2D eigenvalue weighted by molar-refractivity contribution is 7.91. The van der Waals surface area contributed by atoms with E-state index in [2.05, 4.69) is 15.4 Å². The first-order valence-electron chi connectivity index (χ1n) is 7.03. The van der Waals surface area contributed by atoms with Crippen LogP contribution in [0.4, 0.5) is 0 Å². The van der Waals surface area contributed by atoms with Gasteiger partial charge in [0.25, 0.3) is 0 Å². The maximum absolute atomic E-state index is 12.3. The van der Waals surface area contributed by atoms with Crippen LogP contribution in [0.1, 0.15) is 24.6 Å². The van der Waals surface area contributed by atoms with Crippen molar-refractivity contribution in [3.05, 3.63) is 17.0 Å². The van der Waals surface area contributed by atoms with E-state index in [0.29, 0.717) is 23.7 Å². The lowest BCUT2D eigenvalue weighted by atomic mass is 10.1. The van der Waals surface area contributed by atoms with E-state index < -0.39 is 10.0 Å². The lowest BCUT2D eigenvalue weighted by Crippen LogP contribution is -2.45. The van der Waals surface area contributed by atoms with E-state index in [0.717, 1.165) is 24.3 Å². The van der Waals surface area contributed by atoms with Crippen molar-refractivity contribution in [2.75, 3.05) is 19.6 Å². The van der Waals surface area contributed by atoms with Gasteiger partial charge in [-0.2, -0.15) is 0 Å². The van der Waals surface area contributed by atoms with Gasteiger partial charge in [0.1, 0.15) is 4.21 Å². The number of halogens is 1. The van der Waals surface area contributed by atoms with Crippen molar-refractivity contribution >= 4 is 39.7 Å². The Morgan fingerprint density at radius 2 is 2.23 bits per heavy atom. The van der Waals surface area contributed by atoms with Gasteiger partial charge in [0.05, 0.1) is 0 Å². The summed E-state index contributed by atoms with van der Waals surface area (Å²) in [5.41, 5.74) is 0. The maximum Gasteiger partial charge on any atom is 0.250 e. The molecule has 1 amide bonds. The van der Waals surface area contributed by atoms with Gasteiger partial charge in [0.15, 0.2) is 0 Å². The number of piperidine rings is 1. The Kier molecular flexibility index (Phi) is 7.78. The topological polar surface area (TPSA) is 87.3 Å². The lowest BCUT2D eigenvalue weighted by molar-refractivity contribution is -0.118. The molecule has 1 saturated heterocycles. The molecule has 1 aromatic rings. The number of carbonyl (C=O) groups excluding carboxylic acids is 1. The molecule has 6 nitrogen and oxygen atoms in total. The minimum Gasteiger partial charge on any atom is -0.356 e. The largest absolute Gasteiger partial charge is 0.356 e. The summed E-state index contributed by atoms with van der Waals surface area (Å²) in [6.45, 7) is 3.62. The van der Waals surface area contributed by atoms with Gasteiger partial charge in [-0.15, -0.1) is 23.7 Å². The molecule has 1 aromatic heterocycles. The van der Waals surface area contributed by atoms with Crippen LogP contribution in [0.2, 0.25) is 0 Å². The van der Waals surface area contributed by atoms with Gasteiger partial charge in [0.2, 0.25) is 15.9 Å². The molecule has 0 spiro atoms. The fourth-order valence-corrected chi connectivity index (χ4v) is 4.87. The van der Waals surface area contributed by atoms with Crippen molar-refractivity contribution < 1.29 is 13.2 Å². The summed E-state index contributed by atoms with van der Waals surface area (Å²) in [5, 5.41) is 5.89. The molecule has 0 aromatic carbocycles. The van der Waals surface area contributed by atoms with E-state index in [1.807, 2.05) is 0 Å². The SMILES string of the molecule is CC(=O)NCCc1ccc(S(=O)(=O)NC2CCCNC2)s1.Cl. The van der Waals surface area contributed by atoms with E-state index in [4.69, 9.17) is 0 Å². The van der Waals surface area contributed by atoms with Crippen molar-refractivity contribution in [3.8, 4) is 0 Å². The average molecular weight is 368 g/mol. The van der Waals surface area contributed by atoms with E-state index >= 15 is 0 Å². The molecule has 0 aliphatic carbocycles. The second-order valence-corrected chi connectivity index (χ2v) is 8.23. The van der Waals surface area contributed by atoms with E-state index in [1.165, 1.54) is 18.3 Å². The highest BCUT2D eigenvalue weighted by atomic mass is 35.5. The molecule has 2 rings (SSSR count). The Morgan fingerprint density at radius 1 is 1.45 bits per heavy atom. The summed E-state index contributed by atoms with van der Waals surface area (Å²) in [6.07, 6.45) is 2.50. The second-order valence-electron chi connectivity index (χ2n) is 5.12. The van der Waals surface area contributed by atoms with Gasteiger partial charge in [-0.3, -0.25) is 4.79 Å². The quantitative estimate of drug-likeness (QED) is 0.696. The predicted molar refractivity (Wildman–Crippen MR) is 90.2 cm³/mol. The van der Waals surface area contributed by atoms with Crippen LogP contribution in [0.15, 0.2) is 16.3 Å². The fourth-order valence-electron chi connectivity index (χ4n) is 2.23. The summed E-state index contributed by atoms with van der Waals surface area (Å²) in [5.74, 6) is -0.0779. The van der Waals surface area contributed by atoms with Gasteiger partial charge in [-0.05, 0) is 37.9 Å². The number of sulfonamides is 1. The number of carbonyl (C=O) groups is 1. The Bertz CT molecular complexity index is 583. The normalized spacial score (nSPS) is 18.5. The zero-order valence-electron chi connectivity index (χ0n) is 12.4. The minimum absolute atomic E-state index is 0. The van der Waals surface area contributed by atoms with Crippen molar-refractivity contribution in [2.45, 2.75) is 36.4 Å². The molecule has 1 aliphatic heterocycles. The highest BCUT2D eigenvalue weighted by Gasteiger charge is 2.23. The highest BCUT2D eigenvalue weighted by Crippen LogP contribution is 2.22. The molecule has 22 heavy (non-hydrogen) atoms. The van der Waals surface area contributed by atoms with Gasteiger partial charge in [0, 0.05) is 30.9 Å². The molecule has 0 bridgehead atoms. The monoisotopic (exact) mass is 367 g/mol. The number of amides is 1. The van der Waals surface area contributed by atoms with Crippen LogP contribution in [-0.2, 0) is 21.2 Å². The van der Waals surface area contributed by atoms with Crippen LogP contribution in [0.3, 0.4) is 0 Å². The number of hydrogen-bond donors (Lipinski definition) is 3. The molecule has 3 N–H and O–H groups in total. The van der Waals surface area contributed by atoms with Crippen LogP contribution in [0, 0.1) is 0 Å². The summed E-state index contributed by atoms with van der Waals surface area (Å²) in [6, 6.07) is 3.40. The van der Waals surface area contributed by atoms with Crippen molar-refractivity contribution in [3.63, 3.8) is 0 Å². The first-order chi connectivity index (χ1) is 9.97. The molecule has 9 heteroatoms. The Hall–Kier alpha value is -0.670. The Morgan fingerprint density at radius 3 is 2.86 bits per heavy atom. The summed E-state index contributed by atoms with van der Waals surface area (Å²) in [4.78, 5) is 11.8. The molecule has 0 saturated carbocycles. The van der Waals surface area contributed by atoms with Crippen LogP contribution >= 0.6 is 23.7 Å². The van der Waals surface area contributed by atoms with E-state index in [9.17, 15) is 13.2 Å². The molecular formula is C13H22ClN3O3S2. The standard InChI is InChI=1S/C13H21N3O3S2.ClH/c1-10(17)15-8-6-12-4-5-13(20-12)21(18,19)16-11-3-2-7-14-9-11;/h4-5,11,14,16H,2-3,6-9H2,1H3,(H,15,17);1H. The van der Waals surface area contributed by atoms with E-state index in [-0.39, 0.29) is 24.4 Å². The molecule has 1 fully saturated rings. The zero-order chi connectivity index (χ0) is 15.3. The van der Waals surface area contributed by atoms with Gasteiger partial charge in [-0.1, -0.05) is 0 Å². The summed E-state index contributed by atoms with van der Waals surface area (Å²) < 4.78 is 27.7. The zero-order valence-corrected chi connectivity index (χ0v) is 14.9. The molecule has 2 heterocycles. The van der Waals surface area contributed by atoms with Crippen molar-refractivity contribution in [2.24, 2.45) is 0 Å². The fraction of sp³-hybridized carbons (Fsp3) is 0.615. The second kappa shape index (κ2) is 8.83.